The maximum atomic E-state index is 13.7. The normalized spacial score (nSPS) is 10.5. The lowest BCUT2D eigenvalue weighted by Gasteiger charge is -2.10. The minimum absolute atomic E-state index is 0.0858. The number of amides is 1. The number of nitrogens with zero attached hydrogens (tertiary/aromatic N) is 2. The Balaban J connectivity index is 0.000000501. The molecule has 0 aliphatic carbocycles. The molecule has 0 aliphatic rings. The van der Waals surface area contributed by atoms with E-state index in [1.165, 1.54) is 30.3 Å². The molecule has 1 aromatic heterocycles. The van der Waals surface area contributed by atoms with E-state index in [4.69, 9.17) is 22.4 Å². The minimum Gasteiger partial charge on any atom is -0.396 e. The Morgan fingerprint density at radius 2 is 1.90 bits per heavy atom. The van der Waals surface area contributed by atoms with Crippen LogP contribution < -0.4 is 11.3 Å². The van der Waals surface area contributed by atoms with Gasteiger partial charge in [-0.25, -0.2) is 8.78 Å². The number of rotatable bonds is 5. The first-order valence-corrected chi connectivity index (χ1v) is 9.78. The van der Waals surface area contributed by atoms with Crippen LogP contribution in [-0.2, 0) is 0 Å². The molecule has 0 saturated carbocycles. The second-order valence-electron chi connectivity index (χ2n) is 7.04. The topological polar surface area (TPSA) is 98.2 Å². The van der Waals surface area contributed by atoms with Gasteiger partial charge in [-0.15, -0.1) is 0 Å². The van der Waals surface area contributed by atoms with Crippen LogP contribution in [0.3, 0.4) is 0 Å². The van der Waals surface area contributed by atoms with Crippen molar-refractivity contribution in [1.29, 1.82) is 0 Å². The fraction of sp³-hybridized carbons (Fsp3) is 0.227. The van der Waals surface area contributed by atoms with Crippen LogP contribution in [0.1, 0.15) is 30.6 Å². The molecule has 0 unspecified atom stereocenters. The highest BCUT2D eigenvalue weighted by molar-refractivity contribution is 6.30. The molecule has 0 saturated heterocycles. The van der Waals surface area contributed by atoms with E-state index in [1.54, 1.807) is 0 Å². The molecule has 1 amide bonds. The molecule has 1 heterocycles. The third-order valence-corrected chi connectivity index (χ3v) is 4.46. The molecule has 3 rings (SSSR count). The largest absolute Gasteiger partial charge is 0.396 e. The van der Waals surface area contributed by atoms with Crippen molar-refractivity contribution >= 4 is 17.5 Å². The van der Waals surface area contributed by atoms with Crippen molar-refractivity contribution in [3.05, 3.63) is 81.1 Å². The van der Waals surface area contributed by atoms with Crippen molar-refractivity contribution in [3.8, 4) is 16.9 Å². The number of carbonyl (C=O) groups excluding carboxylic acids is 1. The Morgan fingerprint density at radius 1 is 1.19 bits per heavy atom. The van der Waals surface area contributed by atoms with Crippen molar-refractivity contribution in [2.45, 2.75) is 20.3 Å². The van der Waals surface area contributed by atoms with Crippen LogP contribution in [0.2, 0.25) is 5.02 Å². The monoisotopic (exact) mass is 449 g/mol. The van der Waals surface area contributed by atoms with Crippen molar-refractivity contribution in [2.75, 3.05) is 6.61 Å². The summed E-state index contributed by atoms with van der Waals surface area (Å²) in [6.45, 7) is 4.52. The molecule has 6 nitrogen and oxygen atoms in total. The number of hydrogen-bond donors (Lipinski definition) is 2. The summed E-state index contributed by atoms with van der Waals surface area (Å²) in [6.07, 6.45) is 0.931. The third kappa shape index (κ3) is 6.44. The van der Waals surface area contributed by atoms with Gasteiger partial charge in [0.15, 0.2) is 0 Å². The maximum Gasteiger partial charge on any atom is 0.284 e. The first-order chi connectivity index (χ1) is 14.6. The second kappa shape index (κ2) is 10.8. The summed E-state index contributed by atoms with van der Waals surface area (Å²) in [5, 5.41) is 12.2. The lowest BCUT2D eigenvalue weighted by molar-refractivity contribution is 0.0998. The molecule has 0 spiro atoms. The number of aromatic nitrogens is 2. The molecule has 0 fully saturated rings. The zero-order chi connectivity index (χ0) is 23.1. The Hall–Kier alpha value is -3.10. The Labute approximate surface area is 182 Å². The fourth-order valence-electron chi connectivity index (χ4n) is 2.51. The van der Waals surface area contributed by atoms with Crippen LogP contribution in [0.15, 0.2) is 53.3 Å². The number of carbonyl (C=O) groups is 1. The Morgan fingerprint density at radius 3 is 2.42 bits per heavy atom. The van der Waals surface area contributed by atoms with Crippen LogP contribution >= 0.6 is 11.6 Å². The zero-order valence-electron chi connectivity index (χ0n) is 17.0. The number of nitrogens with two attached hydrogens (primary N) is 1. The number of primary amides is 1. The zero-order valence-corrected chi connectivity index (χ0v) is 17.7. The molecule has 0 aliphatic heterocycles. The van der Waals surface area contributed by atoms with Crippen molar-refractivity contribution in [3.63, 3.8) is 0 Å². The van der Waals surface area contributed by atoms with Gasteiger partial charge in [0, 0.05) is 12.2 Å². The van der Waals surface area contributed by atoms with Gasteiger partial charge < -0.3 is 10.8 Å². The molecular weight excluding hydrogens is 428 g/mol. The summed E-state index contributed by atoms with van der Waals surface area (Å²) in [6, 6.07) is 10.1. The lowest BCUT2D eigenvalue weighted by atomic mass is 10.1. The number of halogens is 3. The fourth-order valence-corrected chi connectivity index (χ4v) is 2.63. The Kier molecular flexibility index (Phi) is 8.41. The molecular formula is C22H22ClF2N3O3. The van der Waals surface area contributed by atoms with Crippen LogP contribution in [0.25, 0.3) is 16.9 Å². The van der Waals surface area contributed by atoms with Crippen molar-refractivity contribution < 1.29 is 18.7 Å². The van der Waals surface area contributed by atoms with Crippen molar-refractivity contribution in [1.82, 2.24) is 9.78 Å². The third-order valence-electron chi connectivity index (χ3n) is 4.15. The predicted molar refractivity (Wildman–Crippen MR) is 115 cm³/mol. The van der Waals surface area contributed by atoms with E-state index in [2.05, 4.69) is 18.9 Å². The van der Waals surface area contributed by atoms with Crippen molar-refractivity contribution in [2.24, 2.45) is 11.7 Å². The summed E-state index contributed by atoms with van der Waals surface area (Å²) < 4.78 is 28.0. The molecule has 164 valence electrons. The molecule has 3 N–H and O–H groups in total. The van der Waals surface area contributed by atoms with E-state index in [9.17, 15) is 18.4 Å². The first-order valence-electron chi connectivity index (χ1n) is 9.40. The van der Waals surface area contributed by atoms with Crippen LogP contribution in [0, 0.1) is 17.6 Å². The summed E-state index contributed by atoms with van der Waals surface area (Å²) in [5.41, 5.74) is 4.56. The molecule has 2 aromatic carbocycles. The van der Waals surface area contributed by atoms with E-state index in [1.807, 2.05) is 0 Å². The van der Waals surface area contributed by atoms with E-state index in [-0.39, 0.29) is 27.5 Å². The molecule has 31 heavy (non-hydrogen) atoms. The summed E-state index contributed by atoms with van der Waals surface area (Å²) in [7, 11) is 0. The summed E-state index contributed by atoms with van der Waals surface area (Å²) in [5.74, 6) is -1.61. The standard InChI is InChI=1S/C17H10ClF2N3O2.C5H12O/c18-13-5-4-9(6-14(13)20)15-8-12(16(21)24)17(25)23(22-15)11-3-1-2-10(19)7-11;1-5(2)3-4-6/h1-8H,(H2,21,24);5-6H,3-4H2,1-2H3. The van der Waals surface area contributed by atoms with E-state index in [0.717, 1.165) is 29.3 Å². The highest BCUT2D eigenvalue weighted by Gasteiger charge is 2.16. The summed E-state index contributed by atoms with van der Waals surface area (Å²) in [4.78, 5) is 24.0. The van der Waals surface area contributed by atoms with Gasteiger partial charge in [-0.3, -0.25) is 9.59 Å². The molecule has 0 radical (unpaired) electrons. The number of aliphatic hydroxyl groups is 1. The highest BCUT2D eigenvalue weighted by Crippen LogP contribution is 2.23. The van der Waals surface area contributed by atoms with Gasteiger partial charge in [0.05, 0.1) is 16.4 Å². The SMILES string of the molecule is CC(C)CCO.NC(=O)c1cc(-c2ccc(Cl)c(F)c2)nn(-c2cccc(F)c2)c1=O. The number of aliphatic hydroxyl groups excluding tert-OH is 1. The van der Waals surface area contributed by atoms with Crippen LogP contribution in [0.5, 0.6) is 0 Å². The second-order valence-corrected chi connectivity index (χ2v) is 7.45. The van der Waals surface area contributed by atoms with Gasteiger partial charge in [-0.2, -0.15) is 9.78 Å². The molecule has 0 atom stereocenters. The lowest BCUT2D eigenvalue weighted by Crippen LogP contribution is -2.30. The number of benzene rings is 2. The van der Waals surface area contributed by atoms with E-state index >= 15 is 0 Å². The average molecular weight is 450 g/mol. The minimum atomic E-state index is -0.978. The van der Waals surface area contributed by atoms with Gasteiger partial charge in [-0.05, 0) is 48.7 Å². The molecule has 3 aromatic rings. The predicted octanol–water partition coefficient (Wildman–Crippen LogP) is 3.95. The molecule has 0 bridgehead atoms. The maximum absolute atomic E-state index is 13.7. The number of hydrogen-bond acceptors (Lipinski definition) is 4. The smallest absolute Gasteiger partial charge is 0.284 e. The average Bonchev–Trinajstić information content (AvgIpc) is 2.70. The quantitative estimate of drug-likeness (QED) is 0.616. The van der Waals surface area contributed by atoms with Crippen LogP contribution in [-0.4, -0.2) is 27.4 Å². The summed E-state index contributed by atoms with van der Waals surface area (Å²) >= 11 is 5.65. The molecule has 9 heteroatoms. The van der Waals surface area contributed by atoms with Gasteiger partial charge in [0.2, 0.25) is 0 Å². The van der Waals surface area contributed by atoms with E-state index in [0.29, 0.717) is 12.5 Å². The van der Waals surface area contributed by atoms with Gasteiger partial charge in [0.25, 0.3) is 11.5 Å². The Bertz CT molecular complexity index is 1130. The highest BCUT2D eigenvalue weighted by atomic mass is 35.5. The van der Waals surface area contributed by atoms with Gasteiger partial charge in [0.1, 0.15) is 17.2 Å². The van der Waals surface area contributed by atoms with E-state index < -0.39 is 23.1 Å². The van der Waals surface area contributed by atoms with Gasteiger partial charge >= 0.3 is 0 Å². The van der Waals surface area contributed by atoms with Gasteiger partial charge in [-0.1, -0.05) is 37.6 Å². The van der Waals surface area contributed by atoms with Crippen LogP contribution in [0.4, 0.5) is 8.78 Å². The first kappa shape index (κ1) is 24.2.